The highest BCUT2D eigenvalue weighted by Crippen LogP contribution is 2.13. The fourth-order valence-electron chi connectivity index (χ4n) is 2.05. The highest BCUT2D eigenvalue weighted by atomic mass is 15.1. The molecule has 1 unspecified atom stereocenters. The van der Waals surface area contributed by atoms with E-state index < -0.39 is 0 Å². The minimum absolute atomic E-state index is 0.899. The molecular formula is C11H24N2. The van der Waals surface area contributed by atoms with Gasteiger partial charge in [0.2, 0.25) is 0 Å². The molecule has 0 spiro atoms. The van der Waals surface area contributed by atoms with Crippen LogP contribution < -0.4 is 5.32 Å². The Morgan fingerprint density at radius 1 is 1.46 bits per heavy atom. The van der Waals surface area contributed by atoms with E-state index in [1.165, 1.54) is 51.9 Å². The van der Waals surface area contributed by atoms with Gasteiger partial charge in [-0.1, -0.05) is 13.3 Å². The second-order valence-corrected chi connectivity index (χ2v) is 4.33. The molecule has 1 saturated heterocycles. The largest absolute Gasteiger partial charge is 0.316 e. The number of likely N-dealkylation sites (tertiary alicyclic amines) is 1. The monoisotopic (exact) mass is 184 g/mol. The lowest BCUT2D eigenvalue weighted by Gasteiger charge is -2.29. The van der Waals surface area contributed by atoms with Crippen LogP contribution in [-0.2, 0) is 0 Å². The van der Waals surface area contributed by atoms with E-state index in [1.54, 1.807) is 0 Å². The Kier molecular flexibility index (Phi) is 5.40. The summed E-state index contributed by atoms with van der Waals surface area (Å²) >= 11 is 0. The zero-order valence-electron chi connectivity index (χ0n) is 9.18. The maximum absolute atomic E-state index is 3.55. The number of nitrogens with zero attached hydrogens (tertiary/aromatic N) is 1. The third-order valence-corrected chi connectivity index (χ3v) is 2.86. The molecule has 1 atom stereocenters. The first-order chi connectivity index (χ1) is 6.33. The second kappa shape index (κ2) is 6.39. The zero-order chi connectivity index (χ0) is 9.52. The third kappa shape index (κ3) is 4.63. The van der Waals surface area contributed by atoms with Crippen molar-refractivity contribution < 1.29 is 0 Å². The van der Waals surface area contributed by atoms with Crippen molar-refractivity contribution in [2.24, 2.45) is 5.92 Å². The van der Waals surface area contributed by atoms with Gasteiger partial charge in [-0.05, 0) is 51.9 Å². The SMILES string of the molecule is CCCCNCC1CCCN(C)C1. The van der Waals surface area contributed by atoms with Gasteiger partial charge in [-0.25, -0.2) is 0 Å². The molecule has 1 rings (SSSR count). The molecule has 0 bridgehead atoms. The Labute approximate surface area is 82.7 Å². The Hall–Kier alpha value is -0.0800. The highest BCUT2D eigenvalue weighted by Gasteiger charge is 2.15. The molecule has 0 aromatic heterocycles. The van der Waals surface area contributed by atoms with Crippen molar-refractivity contribution in [2.45, 2.75) is 32.6 Å². The van der Waals surface area contributed by atoms with E-state index in [9.17, 15) is 0 Å². The minimum atomic E-state index is 0.899. The Morgan fingerprint density at radius 2 is 2.31 bits per heavy atom. The van der Waals surface area contributed by atoms with Gasteiger partial charge in [0.1, 0.15) is 0 Å². The van der Waals surface area contributed by atoms with E-state index in [2.05, 4.69) is 24.2 Å². The van der Waals surface area contributed by atoms with Crippen molar-refractivity contribution in [3.05, 3.63) is 0 Å². The second-order valence-electron chi connectivity index (χ2n) is 4.33. The van der Waals surface area contributed by atoms with Gasteiger partial charge in [0.25, 0.3) is 0 Å². The van der Waals surface area contributed by atoms with Crippen LogP contribution in [0.15, 0.2) is 0 Å². The van der Waals surface area contributed by atoms with Gasteiger partial charge in [0.15, 0.2) is 0 Å². The fourth-order valence-corrected chi connectivity index (χ4v) is 2.05. The van der Waals surface area contributed by atoms with Crippen molar-refractivity contribution >= 4 is 0 Å². The molecule has 0 aliphatic carbocycles. The van der Waals surface area contributed by atoms with Crippen LogP contribution in [0.3, 0.4) is 0 Å². The van der Waals surface area contributed by atoms with Gasteiger partial charge in [0, 0.05) is 6.54 Å². The summed E-state index contributed by atoms with van der Waals surface area (Å²) in [5, 5.41) is 3.55. The smallest absolute Gasteiger partial charge is 0.00187 e. The quantitative estimate of drug-likeness (QED) is 0.654. The normalized spacial score (nSPS) is 24.9. The first kappa shape index (κ1) is 11.0. The Morgan fingerprint density at radius 3 is 3.00 bits per heavy atom. The van der Waals surface area contributed by atoms with Gasteiger partial charge < -0.3 is 10.2 Å². The van der Waals surface area contributed by atoms with Crippen molar-refractivity contribution in [1.29, 1.82) is 0 Å². The molecule has 1 aliphatic heterocycles. The first-order valence-corrected chi connectivity index (χ1v) is 5.72. The maximum atomic E-state index is 3.55. The van der Waals surface area contributed by atoms with Crippen molar-refractivity contribution in [3.63, 3.8) is 0 Å². The lowest BCUT2D eigenvalue weighted by atomic mass is 9.98. The molecule has 1 fully saturated rings. The summed E-state index contributed by atoms with van der Waals surface area (Å²) in [6.45, 7) is 7.27. The van der Waals surface area contributed by atoms with Crippen LogP contribution in [0, 0.1) is 5.92 Å². The number of piperidine rings is 1. The Bertz CT molecular complexity index is 125. The summed E-state index contributed by atoms with van der Waals surface area (Å²) in [6, 6.07) is 0. The zero-order valence-corrected chi connectivity index (χ0v) is 9.18. The predicted octanol–water partition coefficient (Wildman–Crippen LogP) is 1.72. The number of nitrogens with one attached hydrogen (secondary N) is 1. The molecule has 2 heteroatoms. The summed E-state index contributed by atoms with van der Waals surface area (Å²) in [5.41, 5.74) is 0. The van der Waals surface area contributed by atoms with E-state index in [1.807, 2.05) is 0 Å². The van der Waals surface area contributed by atoms with Crippen LogP contribution in [0.2, 0.25) is 0 Å². The van der Waals surface area contributed by atoms with Crippen molar-refractivity contribution in [1.82, 2.24) is 10.2 Å². The first-order valence-electron chi connectivity index (χ1n) is 5.72. The van der Waals surface area contributed by atoms with Gasteiger partial charge >= 0.3 is 0 Å². The van der Waals surface area contributed by atoms with E-state index in [-0.39, 0.29) is 0 Å². The number of unbranched alkanes of at least 4 members (excludes halogenated alkanes) is 1. The van der Waals surface area contributed by atoms with Crippen LogP contribution in [-0.4, -0.2) is 38.1 Å². The van der Waals surface area contributed by atoms with Crippen molar-refractivity contribution in [3.8, 4) is 0 Å². The van der Waals surface area contributed by atoms with E-state index >= 15 is 0 Å². The number of rotatable bonds is 5. The highest BCUT2D eigenvalue weighted by molar-refractivity contribution is 4.72. The molecule has 78 valence electrons. The molecule has 1 aliphatic rings. The molecule has 1 heterocycles. The van der Waals surface area contributed by atoms with Crippen LogP contribution in [0.1, 0.15) is 32.6 Å². The van der Waals surface area contributed by atoms with Gasteiger partial charge in [-0.3, -0.25) is 0 Å². The summed E-state index contributed by atoms with van der Waals surface area (Å²) in [5.74, 6) is 0.899. The number of hydrogen-bond donors (Lipinski definition) is 1. The van der Waals surface area contributed by atoms with E-state index in [0.717, 1.165) is 5.92 Å². The minimum Gasteiger partial charge on any atom is -0.316 e. The van der Waals surface area contributed by atoms with Crippen LogP contribution in [0.5, 0.6) is 0 Å². The third-order valence-electron chi connectivity index (χ3n) is 2.86. The molecule has 0 amide bonds. The maximum Gasteiger partial charge on any atom is 0.00187 e. The molecular weight excluding hydrogens is 160 g/mol. The summed E-state index contributed by atoms with van der Waals surface area (Å²) in [4.78, 5) is 2.45. The van der Waals surface area contributed by atoms with Gasteiger partial charge in [-0.2, -0.15) is 0 Å². The molecule has 1 N–H and O–H groups in total. The summed E-state index contributed by atoms with van der Waals surface area (Å²) in [6.07, 6.45) is 5.43. The predicted molar refractivity (Wildman–Crippen MR) is 58.0 cm³/mol. The van der Waals surface area contributed by atoms with Crippen LogP contribution in [0.4, 0.5) is 0 Å². The van der Waals surface area contributed by atoms with Gasteiger partial charge in [0.05, 0.1) is 0 Å². The molecule has 0 saturated carbocycles. The average Bonchev–Trinajstić information content (AvgIpc) is 2.13. The molecule has 2 nitrogen and oxygen atoms in total. The molecule has 0 aromatic rings. The number of hydrogen-bond acceptors (Lipinski definition) is 2. The fraction of sp³-hybridized carbons (Fsp3) is 1.00. The molecule has 0 aromatic carbocycles. The van der Waals surface area contributed by atoms with Gasteiger partial charge in [-0.15, -0.1) is 0 Å². The molecule has 0 radical (unpaired) electrons. The molecule has 13 heavy (non-hydrogen) atoms. The average molecular weight is 184 g/mol. The van der Waals surface area contributed by atoms with E-state index in [4.69, 9.17) is 0 Å². The summed E-state index contributed by atoms with van der Waals surface area (Å²) in [7, 11) is 2.23. The van der Waals surface area contributed by atoms with Crippen LogP contribution in [0.25, 0.3) is 0 Å². The Balaban J connectivity index is 2.00. The topological polar surface area (TPSA) is 15.3 Å². The van der Waals surface area contributed by atoms with Crippen molar-refractivity contribution in [2.75, 3.05) is 33.2 Å². The lowest BCUT2D eigenvalue weighted by molar-refractivity contribution is 0.206. The van der Waals surface area contributed by atoms with Crippen LogP contribution >= 0.6 is 0 Å². The lowest BCUT2D eigenvalue weighted by Crippen LogP contribution is -2.37. The summed E-state index contributed by atoms with van der Waals surface area (Å²) < 4.78 is 0. The van der Waals surface area contributed by atoms with E-state index in [0.29, 0.717) is 0 Å². The standard InChI is InChI=1S/C11H24N2/c1-3-4-7-12-9-11-6-5-8-13(2)10-11/h11-12H,3-10H2,1-2H3.